The molecule has 0 aliphatic carbocycles. The zero-order chi connectivity index (χ0) is 11.8. The number of aromatic hydroxyl groups is 3. The molecule has 0 saturated heterocycles. The maximum atomic E-state index is 12.9. The number of alkyl halides is 2. The molecule has 0 saturated carbocycles. The monoisotopic (exact) mass is 220 g/mol. The minimum atomic E-state index is -4.43. The van der Waals surface area contributed by atoms with Crippen LogP contribution < -0.4 is 0 Å². The Morgan fingerprint density at radius 3 is 1.87 bits per heavy atom. The Morgan fingerprint density at radius 2 is 1.53 bits per heavy atom. The summed E-state index contributed by atoms with van der Waals surface area (Å²) in [7, 11) is 0. The summed E-state index contributed by atoms with van der Waals surface area (Å²) in [6.07, 6.45) is 0. The molecule has 7 heteroatoms. The van der Waals surface area contributed by atoms with Gasteiger partial charge in [0.25, 0.3) is 0 Å². The van der Waals surface area contributed by atoms with E-state index in [0.29, 0.717) is 12.1 Å². The van der Waals surface area contributed by atoms with E-state index in [1.54, 1.807) is 0 Å². The number of phenolic OH excluding ortho intramolecular Hbond substituents is 3. The molecule has 1 rings (SSSR count). The number of hydrogen-bond donors (Lipinski definition) is 4. The van der Waals surface area contributed by atoms with Gasteiger partial charge >= 0.3 is 11.9 Å². The van der Waals surface area contributed by atoms with Gasteiger partial charge in [0.1, 0.15) is 22.8 Å². The first-order valence-corrected chi connectivity index (χ1v) is 3.63. The summed E-state index contributed by atoms with van der Waals surface area (Å²) >= 11 is 0. The van der Waals surface area contributed by atoms with E-state index >= 15 is 0 Å². The van der Waals surface area contributed by atoms with E-state index in [1.807, 2.05) is 0 Å². The summed E-state index contributed by atoms with van der Waals surface area (Å²) in [5, 5.41) is 35.0. The van der Waals surface area contributed by atoms with Gasteiger partial charge in [0, 0.05) is 12.1 Å². The highest BCUT2D eigenvalue weighted by molar-refractivity contribution is 5.80. The molecular weight excluding hydrogens is 214 g/mol. The van der Waals surface area contributed by atoms with Crippen LogP contribution in [0, 0.1) is 0 Å². The third kappa shape index (κ3) is 1.76. The number of carboxylic acids is 1. The normalized spacial score (nSPS) is 11.3. The summed E-state index contributed by atoms with van der Waals surface area (Å²) in [4.78, 5) is 10.2. The van der Waals surface area contributed by atoms with Gasteiger partial charge in [-0.25, -0.2) is 4.79 Å². The molecule has 1 aromatic carbocycles. The fraction of sp³-hybridized carbons (Fsp3) is 0.125. The number of carbonyl (C=O) groups is 1. The molecule has 0 amide bonds. The number of rotatable bonds is 2. The molecule has 0 aliphatic heterocycles. The van der Waals surface area contributed by atoms with Crippen LogP contribution in [0.1, 0.15) is 5.56 Å². The van der Waals surface area contributed by atoms with E-state index in [9.17, 15) is 13.6 Å². The quantitative estimate of drug-likeness (QED) is 0.595. The number of carboxylic acid groups (broad SMARTS) is 1. The predicted molar refractivity (Wildman–Crippen MR) is 43.0 cm³/mol. The maximum absolute atomic E-state index is 12.9. The van der Waals surface area contributed by atoms with Gasteiger partial charge in [0.2, 0.25) is 0 Å². The van der Waals surface area contributed by atoms with E-state index < -0.39 is 34.7 Å². The highest BCUT2D eigenvalue weighted by Gasteiger charge is 2.45. The Labute approximate surface area is 81.8 Å². The molecule has 0 heterocycles. The molecule has 5 nitrogen and oxygen atoms in total. The van der Waals surface area contributed by atoms with Crippen molar-refractivity contribution in [3.05, 3.63) is 17.7 Å². The molecule has 15 heavy (non-hydrogen) atoms. The topological polar surface area (TPSA) is 98.0 Å². The van der Waals surface area contributed by atoms with Gasteiger partial charge in [-0.2, -0.15) is 8.78 Å². The van der Waals surface area contributed by atoms with E-state index in [0.717, 1.165) is 0 Å². The molecule has 0 aromatic heterocycles. The van der Waals surface area contributed by atoms with Crippen LogP contribution in [0.25, 0.3) is 0 Å². The Morgan fingerprint density at radius 1 is 1.13 bits per heavy atom. The predicted octanol–water partition coefficient (Wildman–Crippen LogP) is 0.980. The third-order valence-electron chi connectivity index (χ3n) is 1.66. The van der Waals surface area contributed by atoms with Crippen LogP contribution in [0.2, 0.25) is 0 Å². The maximum Gasteiger partial charge on any atom is 0.379 e. The molecular formula is C8H6F2O5. The van der Waals surface area contributed by atoms with Crippen molar-refractivity contribution in [2.75, 3.05) is 0 Å². The minimum Gasteiger partial charge on any atom is -0.508 e. The lowest BCUT2D eigenvalue weighted by atomic mass is 10.1. The van der Waals surface area contributed by atoms with Crippen molar-refractivity contribution in [2.45, 2.75) is 5.92 Å². The van der Waals surface area contributed by atoms with E-state index in [2.05, 4.69) is 0 Å². The first-order chi connectivity index (χ1) is 6.76. The lowest BCUT2D eigenvalue weighted by Crippen LogP contribution is -2.25. The highest BCUT2D eigenvalue weighted by atomic mass is 19.3. The second-order valence-electron chi connectivity index (χ2n) is 2.74. The molecule has 1 aromatic rings. The average molecular weight is 220 g/mol. The van der Waals surface area contributed by atoms with Crippen LogP contribution in [0.5, 0.6) is 17.2 Å². The van der Waals surface area contributed by atoms with Crippen molar-refractivity contribution in [2.24, 2.45) is 0 Å². The molecule has 0 unspecified atom stereocenters. The van der Waals surface area contributed by atoms with Crippen LogP contribution in [0.15, 0.2) is 12.1 Å². The molecule has 0 atom stereocenters. The lowest BCUT2D eigenvalue weighted by molar-refractivity contribution is -0.166. The van der Waals surface area contributed by atoms with Crippen molar-refractivity contribution in [1.82, 2.24) is 0 Å². The fourth-order valence-electron chi connectivity index (χ4n) is 1.03. The second kappa shape index (κ2) is 3.26. The van der Waals surface area contributed by atoms with Gasteiger partial charge in [-0.3, -0.25) is 0 Å². The van der Waals surface area contributed by atoms with Crippen molar-refractivity contribution in [3.63, 3.8) is 0 Å². The van der Waals surface area contributed by atoms with Crippen LogP contribution in [0.3, 0.4) is 0 Å². The van der Waals surface area contributed by atoms with Gasteiger partial charge < -0.3 is 20.4 Å². The lowest BCUT2D eigenvalue weighted by Gasteiger charge is -2.14. The molecule has 0 aliphatic rings. The molecule has 0 radical (unpaired) electrons. The largest absolute Gasteiger partial charge is 0.508 e. The summed E-state index contributed by atoms with van der Waals surface area (Å²) in [5.74, 6) is -9.99. The van der Waals surface area contributed by atoms with Gasteiger partial charge in [0.05, 0.1) is 0 Å². The van der Waals surface area contributed by atoms with Crippen LogP contribution in [-0.4, -0.2) is 26.4 Å². The second-order valence-corrected chi connectivity index (χ2v) is 2.74. The minimum absolute atomic E-state index is 0.506. The van der Waals surface area contributed by atoms with Gasteiger partial charge in [-0.05, 0) is 0 Å². The SMILES string of the molecule is O=C(O)C(F)(F)c1c(O)cc(O)cc1O. The van der Waals surface area contributed by atoms with Gasteiger partial charge in [0.15, 0.2) is 0 Å². The van der Waals surface area contributed by atoms with Crippen LogP contribution >= 0.6 is 0 Å². The van der Waals surface area contributed by atoms with E-state index in [1.165, 1.54) is 0 Å². The number of hydrogen-bond acceptors (Lipinski definition) is 4. The van der Waals surface area contributed by atoms with E-state index in [-0.39, 0.29) is 0 Å². The fourth-order valence-corrected chi connectivity index (χ4v) is 1.03. The molecule has 82 valence electrons. The zero-order valence-electron chi connectivity index (χ0n) is 7.11. The molecule has 0 spiro atoms. The molecule has 0 fully saturated rings. The Balaban J connectivity index is 3.44. The number of benzene rings is 1. The van der Waals surface area contributed by atoms with E-state index in [4.69, 9.17) is 20.4 Å². The number of phenols is 3. The van der Waals surface area contributed by atoms with Gasteiger partial charge in [-0.15, -0.1) is 0 Å². The summed E-state index contributed by atoms with van der Waals surface area (Å²) < 4.78 is 25.9. The van der Waals surface area contributed by atoms with Crippen molar-refractivity contribution in [3.8, 4) is 17.2 Å². The van der Waals surface area contributed by atoms with Crippen molar-refractivity contribution in [1.29, 1.82) is 0 Å². The zero-order valence-corrected chi connectivity index (χ0v) is 7.11. The molecule has 4 N–H and O–H groups in total. The molecule has 0 bridgehead atoms. The van der Waals surface area contributed by atoms with Crippen LogP contribution in [0.4, 0.5) is 8.78 Å². The summed E-state index contributed by atoms with van der Waals surface area (Å²) in [6.45, 7) is 0. The number of aliphatic carboxylic acids is 1. The first-order valence-electron chi connectivity index (χ1n) is 3.63. The number of halogens is 2. The van der Waals surface area contributed by atoms with Crippen LogP contribution in [-0.2, 0) is 10.7 Å². The standard InChI is InChI=1S/C8H6F2O5/c9-8(10,7(14)15)6-4(12)1-3(11)2-5(6)13/h1-2,11-13H,(H,14,15). The Kier molecular flexibility index (Phi) is 2.40. The third-order valence-corrected chi connectivity index (χ3v) is 1.66. The summed E-state index contributed by atoms with van der Waals surface area (Å²) in [5.41, 5.74) is -1.45. The smallest absolute Gasteiger partial charge is 0.379 e. The Bertz CT molecular complexity index is 392. The Hall–Kier alpha value is -2.05. The highest BCUT2D eigenvalue weighted by Crippen LogP contribution is 2.42. The van der Waals surface area contributed by atoms with Gasteiger partial charge in [-0.1, -0.05) is 0 Å². The van der Waals surface area contributed by atoms with Crippen molar-refractivity contribution >= 4 is 5.97 Å². The first kappa shape index (κ1) is 11.0. The average Bonchev–Trinajstić information content (AvgIpc) is 2.00. The van der Waals surface area contributed by atoms with Crippen molar-refractivity contribution < 1.29 is 34.0 Å². The summed E-state index contributed by atoms with van der Waals surface area (Å²) in [6, 6.07) is 1.01.